The lowest BCUT2D eigenvalue weighted by atomic mass is 10.1. The van der Waals surface area contributed by atoms with Gasteiger partial charge in [0.2, 0.25) is 0 Å². The zero-order valence-corrected chi connectivity index (χ0v) is 18.2. The van der Waals surface area contributed by atoms with Crippen LogP contribution in [0.3, 0.4) is 0 Å². The second-order valence-corrected chi connectivity index (χ2v) is 7.98. The van der Waals surface area contributed by atoms with E-state index in [1.807, 2.05) is 19.9 Å². The van der Waals surface area contributed by atoms with E-state index in [2.05, 4.69) is 28.8 Å². The molecule has 0 saturated carbocycles. The van der Waals surface area contributed by atoms with E-state index in [1.165, 1.54) is 7.05 Å². The maximum atomic E-state index is 13.1. The first-order valence-electron chi connectivity index (χ1n) is 10.2. The summed E-state index contributed by atoms with van der Waals surface area (Å²) in [5, 5.41) is 7.59. The van der Waals surface area contributed by atoms with E-state index in [0.29, 0.717) is 22.3 Å². The molecule has 0 aliphatic carbocycles. The Morgan fingerprint density at radius 2 is 1.80 bits per heavy atom. The Bertz CT molecular complexity index is 1170. The second kappa shape index (κ2) is 8.65. The highest BCUT2D eigenvalue weighted by atomic mass is 16.2. The highest BCUT2D eigenvalue weighted by Crippen LogP contribution is 2.19. The molecule has 0 radical (unpaired) electrons. The molecule has 0 saturated heterocycles. The number of aromatic nitrogens is 3. The number of benzene rings is 1. The summed E-state index contributed by atoms with van der Waals surface area (Å²) in [5.41, 5.74) is 2.22. The van der Waals surface area contributed by atoms with E-state index in [4.69, 9.17) is 0 Å². The van der Waals surface area contributed by atoms with E-state index in [0.717, 1.165) is 29.0 Å². The molecular weight excluding hydrogens is 380 g/mol. The van der Waals surface area contributed by atoms with Gasteiger partial charge in [-0.25, -0.2) is 4.68 Å². The zero-order valence-electron chi connectivity index (χ0n) is 18.2. The van der Waals surface area contributed by atoms with Crippen LogP contribution in [-0.2, 0) is 13.1 Å². The summed E-state index contributed by atoms with van der Waals surface area (Å²) in [4.78, 5) is 38.3. The molecule has 0 bridgehead atoms. The Labute approximate surface area is 175 Å². The van der Waals surface area contributed by atoms with Gasteiger partial charge >= 0.3 is 0 Å². The fraction of sp³-hybridized carbons (Fsp3) is 0.391. The van der Waals surface area contributed by atoms with E-state index in [9.17, 15) is 14.4 Å². The van der Waals surface area contributed by atoms with Crippen molar-refractivity contribution in [2.24, 2.45) is 5.92 Å². The first kappa shape index (κ1) is 21.5. The molecule has 7 nitrogen and oxygen atoms in total. The molecule has 0 aliphatic rings. The van der Waals surface area contributed by atoms with Crippen LogP contribution in [0.25, 0.3) is 10.8 Å². The van der Waals surface area contributed by atoms with Gasteiger partial charge in [-0.3, -0.25) is 14.4 Å². The zero-order chi connectivity index (χ0) is 22.0. The highest BCUT2D eigenvalue weighted by Gasteiger charge is 2.20. The topological polar surface area (TPSA) is 86.0 Å². The number of nitrogens with zero attached hydrogens (tertiary/aromatic N) is 3. The molecule has 0 fully saturated rings. The lowest BCUT2D eigenvalue weighted by Gasteiger charge is -2.12. The van der Waals surface area contributed by atoms with Crippen LogP contribution in [0.5, 0.6) is 0 Å². The van der Waals surface area contributed by atoms with Crippen molar-refractivity contribution >= 4 is 22.5 Å². The van der Waals surface area contributed by atoms with Crippen molar-refractivity contribution in [1.29, 1.82) is 0 Å². The lowest BCUT2D eigenvalue weighted by molar-refractivity contribution is 0.0940. The molecule has 0 atom stereocenters. The second-order valence-electron chi connectivity index (χ2n) is 7.98. The SMILES string of the molecule is CNC(=O)c1nn(CC(=O)c2cc(C)n(CCC(C)C)c2C)c(=O)c2ccccc12. The minimum atomic E-state index is -0.403. The molecular formula is C23H28N4O3. The summed E-state index contributed by atoms with van der Waals surface area (Å²) >= 11 is 0. The highest BCUT2D eigenvalue weighted by molar-refractivity contribution is 6.04. The normalized spacial score (nSPS) is 11.3. The largest absolute Gasteiger partial charge is 0.354 e. The number of carbonyl (C=O) groups is 2. The van der Waals surface area contributed by atoms with Gasteiger partial charge in [0.25, 0.3) is 11.5 Å². The number of fused-ring (bicyclic) bond motifs is 1. The van der Waals surface area contributed by atoms with Gasteiger partial charge in [-0.1, -0.05) is 32.0 Å². The van der Waals surface area contributed by atoms with Crippen LogP contribution in [0.4, 0.5) is 0 Å². The number of hydrogen-bond acceptors (Lipinski definition) is 4. The summed E-state index contributed by atoms with van der Waals surface area (Å²) in [6, 6.07) is 8.67. The van der Waals surface area contributed by atoms with Gasteiger partial charge in [0.15, 0.2) is 11.5 Å². The van der Waals surface area contributed by atoms with Crippen LogP contribution < -0.4 is 10.9 Å². The van der Waals surface area contributed by atoms with Gasteiger partial charge in [0, 0.05) is 35.9 Å². The maximum absolute atomic E-state index is 13.1. The minimum Gasteiger partial charge on any atom is -0.354 e. The molecule has 0 spiro atoms. The number of aryl methyl sites for hydroxylation is 1. The molecule has 2 heterocycles. The van der Waals surface area contributed by atoms with E-state index < -0.39 is 5.91 Å². The molecule has 0 aliphatic heterocycles. The van der Waals surface area contributed by atoms with Crippen LogP contribution in [-0.4, -0.2) is 33.1 Å². The van der Waals surface area contributed by atoms with Crippen LogP contribution in [0, 0.1) is 19.8 Å². The molecule has 2 aromatic heterocycles. The molecule has 158 valence electrons. The number of rotatable bonds is 7. The fourth-order valence-electron chi connectivity index (χ4n) is 3.66. The Kier molecular flexibility index (Phi) is 6.20. The third-order valence-corrected chi connectivity index (χ3v) is 5.41. The van der Waals surface area contributed by atoms with Crippen LogP contribution >= 0.6 is 0 Å². The summed E-state index contributed by atoms with van der Waals surface area (Å²) in [6.07, 6.45) is 1.02. The summed E-state index contributed by atoms with van der Waals surface area (Å²) in [7, 11) is 1.51. The van der Waals surface area contributed by atoms with Crippen molar-refractivity contribution in [2.45, 2.75) is 47.2 Å². The Hall–Kier alpha value is -3.22. The maximum Gasteiger partial charge on any atom is 0.275 e. The van der Waals surface area contributed by atoms with Crippen molar-refractivity contribution < 1.29 is 9.59 Å². The van der Waals surface area contributed by atoms with Gasteiger partial charge in [-0.05, 0) is 38.3 Å². The third-order valence-electron chi connectivity index (χ3n) is 5.41. The Morgan fingerprint density at radius 1 is 1.13 bits per heavy atom. The summed E-state index contributed by atoms with van der Waals surface area (Å²) < 4.78 is 3.23. The lowest BCUT2D eigenvalue weighted by Crippen LogP contribution is -2.31. The van der Waals surface area contributed by atoms with Crippen molar-refractivity contribution in [1.82, 2.24) is 19.7 Å². The number of hydrogen-bond donors (Lipinski definition) is 1. The molecule has 0 unspecified atom stereocenters. The van der Waals surface area contributed by atoms with E-state index >= 15 is 0 Å². The first-order valence-corrected chi connectivity index (χ1v) is 10.2. The smallest absolute Gasteiger partial charge is 0.275 e. The van der Waals surface area contributed by atoms with Gasteiger partial charge in [0.1, 0.15) is 6.54 Å². The van der Waals surface area contributed by atoms with Crippen LogP contribution in [0.15, 0.2) is 35.1 Å². The molecule has 30 heavy (non-hydrogen) atoms. The van der Waals surface area contributed by atoms with Crippen molar-refractivity contribution in [3.8, 4) is 0 Å². The molecule has 1 amide bonds. The Morgan fingerprint density at radius 3 is 2.43 bits per heavy atom. The van der Waals surface area contributed by atoms with Gasteiger partial charge in [0.05, 0.1) is 5.39 Å². The average Bonchev–Trinajstić information content (AvgIpc) is 3.01. The van der Waals surface area contributed by atoms with E-state index in [-0.39, 0.29) is 23.6 Å². The van der Waals surface area contributed by atoms with Gasteiger partial charge < -0.3 is 9.88 Å². The minimum absolute atomic E-state index is 0.128. The molecule has 3 aromatic rings. The summed E-state index contributed by atoms with van der Waals surface area (Å²) in [6.45, 7) is 8.87. The third kappa shape index (κ3) is 4.06. The number of ketones is 1. The first-order chi connectivity index (χ1) is 14.2. The predicted octanol–water partition coefficient (Wildman–Crippen LogP) is 3.10. The number of carbonyl (C=O) groups excluding carboxylic acids is 2. The fourth-order valence-corrected chi connectivity index (χ4v) is 3.66. The standard InChI is InChI=1S/C23H28N4O3/c1-14(2)10-11-26-15(3)12-19(16(26)4)20(28)13-27-23(30)18-9-7-6-8-17(18)21(25-27)22(29)24-5/h6-9,12,14H,10-11,13H2,1-5H3,(H,24,29). The van der Waals surface area contributed by atoms with Gasteiger partial charge in [-0.15, -0.1) is 0 Å². The van der Waals surface area contributed by atoms with Gasteiger partial charge in [-0.2, -0.15) is 5.10 Å². The predicted molar refractivity (Wildman–Crippen MR) is 117 cm³/mol. The molecule has 3 rings (SSSR count). The Balaban J connectivity index is 2.00. The van der Waals surface area contributed by atoms with Crippen molar-refractivity contribution in [3.63, 3.8) is 0 Å². The molecule has 1 N–H and O–H groups in total. The summed E-state index contributed by atoms with van der Waals surface area (Å²) in [5.74, 6) is -0.0419. The molecule has 1 aromatic carbocycles. The number of nitrogens with one attached hydrogen (secondary N) is 1. The van der Waals surface area contributed by atoms with Crippen LogP contribution in [0.1, 0.15) is 52.5 Å². The number of Topliss-reactive ketones (excluding diaryl/α,β-unsaturated/α-hetero) is 1. The number of amides is 1. The average molecular weight is 409 g/mol. The molecule has 7 heteroatoms. The van der Waals surface area contributed by atoms with Crippen LogP contribution in [0.2, 0.25) is 0 Å². The van der Waals surface area contributed by atoms with Crippen molar-refractivity contribution in [2.75, 3.05) is 7.05 Å². The monoisotopic (exact) mass is 408 g/mol. The van der Waals surface area contributed by atoms with E-state index in [1.54, 1.807) is 24.3 Å². The quantitative estimate of drug-likeness (QED) is 0.609. The van der Waals surface area contributed by atoms with Crippen molar-refractivity contribution in [3.05, 3.63) is 63.3 Å².